The Bertz CT molecular complexity index is 1420. The molecule has 0 saturated carbocycles. The summed E-state index contributed by atoms with van der Waals surface area (Å²) in [6.07, 6.45) is 0. The van der Waals surface area contributed by atoms with Crippen molar-refractivity contribution < 1.29 is 23.1 Å². The number of fused-ring (bicyclic) bond motifs is 1. The predicted molar refractivity (Wildman–Crippen MR) is 136 cm³/mol. The Morgan fingerprint density at radius 2 is 1.49 bits per heavy atom. The summed E-state index contributed by atoms with van der Waals surface area (Å²) in [4.78, 5) is 29.3. The van der Waals surface area contributed by atoms with Crippen molar-refractivity contribution in [1.29, 1.82) is 0 Å². The molecule has 0 spiro atoms. The number of methoxy groups -OCH3 is 1. The van der Waals surface area contributed by atoms with Crippen LogP contribution < -0.4 is 10.1 Å². The largest absolute Gasteiger partial charge is 0.497 e. The molecule has 7 heteroatoms. The summed E-state index contributed by atoms with van der Waals surface area (Å²) in [6, 6.07) is 25.1. The van der Waals surface area contributed by atoms with E-state index in [-0.39, 0.29) is 24.2 Å². The highest BCUT2D eigenvalue weighted by Crippen LogP contribution is 2.44. The lowest BCUT2D eigenvalue weighted by Crippen LogP contribution is -2.45. The first-order valence-corrected chi connectivity index (χ1v) is 11.8. The molecule has 2 atom stereocenters. The fourth-order valence-corrected chi connectivity index (χ4v) is 4.76. The van der Waals surface area contributed by atoms with Crippen LogP contribution in [0, 0.1) is 11.6 Å². The standard InChI is InChI=1S/C30H24F2N2O3/c1-37-24-16-8-20(9-17-24)28-27(29(35)33-23-14-12-22(32)13-15-23)25-4-2-3-5-26(25)30(36)34(28)18-19-6-10-21(31)11-7-19/h2-17,27-28H,18H2,1H3,(H,33,35). The lowest BCUT2D eigenvalue weighted by molar-refractivity contribution is -0.119. The third-order valence-corrected chi connectivity index (χ3v) is 6.56. The molecule has 1 aliphatic heterocycles. The SMILES string of the molecule is COc1ccc(C2C(C(=O)Nc3ccc(F)cc3)c3ccccc3C(=O)N2Cc2ccc(F)cc2)cc1. The molecule has 5 nitrogen and oxygen atoms in total. The predicted octanol–water partition coefficient (Wildman–Crippen LogP) is 6.09. The molecule has 1 N–H and O–H groups in total. The average Bonchev–Trinajstić information content (AvgIpc) is 2.92. The first-order valence-electron chi connectivity index (χ1n) is 11.8. The molecule has 0 saturated heterocycles. The zero-order valence-corrected chi connectivity index (χ0v) is 20.0. The molecule has 4 aromatic rings. The van der Waals surface area contributed by atoms with Gasteiger partial charge in [0, 0.05) is 17.8 Å². The Hall–Kier alpha value is -4.52. The summed E-state index contributed by atoms with van der Waals surface area (Å²) < 4.78 is 32.3. The van der Waals surface area contributed by atoms with E-state index in [1.54, 1.807) is 60.5 Å². The summed E-state index contributed by atoms with van der Waals surface area (Å²) in [7, 11) is 1.56. The van der Waals surface area contributed by atoms with E-state index in [1.165, 1.54) is 36.4 Å². The number of nitrogens with zero attached hydrogens (tertiary/aromatic N) is 1. The highest BCUT2D eigenvalue weighted by atomic mass is 19.1. The van der Waals surface area contributed by atoms with Gasteiger partial charge in [-0.25, -0.2) is 8.78 Å². The molecule has 2 unspecified atom stereocenters. The quantitative estimate of drug-likeness (QED) is 0.350. The highest BCUT2D eigenvalue weighted by molar-refractivity contribution is 6.04. The van der Waals surface area contributed by atoms with Gasteiger partial charge in [-0.05, 0) is 71.3 Å². The van der Waals surface area contributed by atoms with Gasteiger partial charge in [-0.3, -0.25) is 9.59 Å². The van der Waals surface area contributed by atoms with Crippen molar-refractivity contribution in [3.05, 3.63) is 131 Å². The van der Waals surface area contributed by atoms with Gasteiger partial charge in [0.1, 0.15) is 17.4 Å². The first-order chi connectivity index (χ1) is 17.9. The molecule has 4 aromatic carbocycles. The van der Waals surface area contributed by atoms with E-state index in [1.807, 2.05) is 12.1 Å². The van der Waals surface area contributed by atoms with Crippen molar-refractivity contribution in [2.24, 2.45) is 0 Å². The molecule has 1 aliphatic rings. The van der Waals surface area contributed by atoms with Gasteiger partial charge >= 0.3 is 0 Å². The number of benzene rings is 4. The number of anilines is 1. The van der Waals surface area contributed by atoms with Gasteiger partial charge in [-0.15, -0.1) is 0 Å². The Labute approximate surface area is 213 Å². The average molecular weight is 499 g/mol. The van der Waals surface area contributed by atoms with E-state index < -0.39 is 17.8 Å². The second-order valence-corrected chi connectivity index (χ2v) is 8.84. The molecule has 0 fully saturated rings. The molecular formula is C30H24F2N2O3. The number of ether oxygens (including phenoxy) is 1. The van der Waals surface area contributed by atoms with Crippen LogP contribution in [0.4, 0.5) is 14.5 Å². The van der Waals surface area contributed by atoms with Crippen LogP contribution >= 0.6 is 0 Å². The fourth-order valence-electron chi connectivity index (χ4n) is 4.76. The van der Waals surface area contributed by atoms with E-state index in [0.717, 1.165) is 11.1 Å². The normalized spacial score (nSPS) is 16.7. The number of hydrogen-bond acceptors (Lipinski definition) is 3. The van der Waals surface area contributed by atoms with Crippen LogP contribution in [0.25, 0.3) is 0 Å². The van der Waals surface area contributed by atoms with Crippen LogP contribution in [0.15, 0.2) is 97.1 Å². The van der Waals surface area contributed by atoms with Crippen LogP contribution in [0.2, 0.25) is 0 Å². The van der Waals surface area contributed by atoms with Crippen molar-refractivity contribution >= 4 is 17.5 Å². The molecule has 0 radical (unpaired) electrons. The smallest absolute Gasteiger partial charge is 0.255 e. The van der Waals surface area contributed by atoms with Gasteiger partial charge in [0.15, 0.2) is 0 Å². The second-order valence-electron chi connectivity index (χ2n) is 8.84. The minimum absolute atomic E-state index is 0.171. The lowest BCUT2D eigenvalue weighted by atomic mass is 9.79. The summed E-state index contributed by atoms with van der Waals surface area (Å²) in [5.41, 5.74) is 2.94. The van der Waals surface area contributed by atoms with Gasteiger partial charge in [-0.2, -0.15) is 0 Å². The van der Waals surface area contributed by atoms with Gasteiger partial charge in [0.05, 0.1) is 19.1 Å². The number of nitrogens with one attached hydrogen (secondary N) is 1. The van der Waals surface area contributed by atoms with Crippen LogP contribution in [-0.2, 0) is 11.3 Å². The van der Waals surface area contributed by atoms with Gasteiger partial charge in [0.2, 0.25) is 5.91 Å². The summed E-state index contributed by atoms with van der Waals surface area (Å²) in [6.45, 7) is 0.171. The van der Waals surface area contributed by atoms with Crippen LogP contribution in [-0.4, -0.2) is 23.8 Å². The number of amides is 2. The minimum Gasteiger partial charge on any atom is -0.497 e. The molecule has 186 valence electrons. The van der Waals surface area contributed by atoms with Crippen LogP contribution in [0.3, 0.4) is 0 Å². The number of carbonyl (C=O) groups is 2. The van der Waals surface area contributed by atoms with E-state index in [9.17, 15) is 18.4 Å². The Morgan fingerprint density at radius 3 is 2.14 bits per heavy atom. The van der Waals surface area contributed by atoms with E-state index >= 15 is 0 Å². The number of halogens is 2. The van der Waals surface area contributed by atoms with Crippen LogP contribution in [0.1, 0.15) is 39.0 Å². The van der Waals surface area contributed by atoms with Crippen molar-refractivity contribution in [3.8, 4) is 5.75 Å². The van der Waals surface area contributed by atoms with Crippen LogP contribution in [0.5, 0.6) is 5.75 Å². The monoisotopic (exact) mass is 498 g/mol. The maximum Gasteiger partial charge on any atom is 0.255 e. The van der Waals surface area contributed by atoms with E-state index in [2.05, 4.69) is 5.32 Å². The van der Waals surface area contributed by atoms with Gasteiger partial charge in [-0.1, -0.05) is 42.5 Å². The molecule has 37 heavy (non-hydrogen) atoms. The highest BCUT2D eigenvalue weighted by Gasteiger charge is 2.44. The Balaban J connectivity index is 1.62. The number of carbonyl (C=O) groups excluding carboxylic acids is 2. The summed E-state index contributed by atoms with van der Waals surface area (Å²) in [5.74, 6) is -1.48. The van der Waals surface area contributed by atoms with E-state index in [0.29, 0.717) is 22.6 Å². The topological polar surface area (TPSA) is 58.6 Å². The summed E-state index contributed by atoms with van der Waals surface area (Å²) >= 11 is 0. The summed E-state index contributed by atoms with van der Waals surface area (Å²) in [5, 5.41) is 2.89. The van der Waals surface area contributed by atoms with Crippen molar-refractivity contribution in [1.82, 2.24) is 4.90 Å². The molecular weight excluding hydrogens is 474 g/mol. The molecule has 1 heterocycles. The molecule has 0 aromatic heterocycles. The van der Waals surface area contributed by atoms with Gasteiger partial charge in [0.25, 0.3) is 5.91 Å². The maximum atomic E-state index is 13.9. The third-order valence-electron chi connectivity index (χ3n) is 6.56. The molecule has 0 bridgehead atoms. The van der Waals surface area contributed by atoms with Crippen molar-refractivity contribution in [2.45, 2.75) is 18.5 Å². The van der Waals surface area contributed by atoms with Crippen molar-refractivity contribution in [3.63, 3.8) is 0 Å². The minimum atomic E-state index is -0.771. The maximum absolute atomic E-state index is 13.9. The second kappa shape index (κ2) is 10.2. The van der Waals surface area contributed by atoms with Gasteiger partial charge < -0.3 is 15.0 Å². The van der Waals surface area contributed by atoms with E-state index in [4.69, 9.17) is 4.74 Å². The Kier molecular flexibility index (Phi) is 6.68. The lowest BCUT2D eigenvalue weighted by Gasteiger charge is -2.42. The number of rotatable bonds is 6. The third kappa shape index (κ3) is 4.93. The Morgan fingerprint density at radius 1 is 0.865 bits per heavy atom. The zero-order chi connectivity index (χ0) is 25.9. The molecule has 0 aliphatic carbocycles. The molecule has 5 rings (SSSR count). The zero-order valence-electron chi connectivity index (χ0n) is 20.0. The number of hydrogen-bond donors (Lipinski definition) is 1. The fraction of sp³-hybridized carbons (Fsp3) is 0.133. The first kappa shape index (κ1) is 24.2. The van der Waals surface area contributed by atoms with Crippen molar-refractivity contribution in [2.75, 3.05) is 12.4 Å². The molecule has 2 amide bonds.